The van der Waals surface area contributed by atoms with Crippen LogP contribution in [0.15, 0.2) is 59.5 Å². The third kappa shape index (κ3) is 5.42. The van der Waals surface area contributed by atoms with Crippen LogP contribution in [0.2, 0.25) is 5.02 Å². The number of rotatable bonds is 7. The molecule has 0 radical (unpaired) electrons. The van der Waals surface area contributed by atoms with Crippen molar-refractivity contribution in [2.45, 2.75) is 11.8 Å². The minimum atomic E-state index is -0.481. The van der Waals surface area contributed by atoms with Crippen molar-refractivity contribution in [3.8, 4) is 0 Å². The van der Waals surface area contributed by atoms with Gasteiger partial charge >= 0.3 is 5.97 Å². The summed E-state index contributed by atoms with van der Waals surface area (Å²) in [6, 6.07) is 17.0. The molecule has 0 spiro atoms. The van der Waals surface area contributed by atoms with Gasteiger partial charge in [-0.05, 0) is 53.3 Å². The van der Waals surface area contributed by atoms with Gasteiger partial charge in [-0.3, -0.25) is 0 Å². The first-order valence-corrected chi connectivity index (χ1v) is 9.57. The van der Waals surface area contributed by atoms with E-state index >= 15 is 0 Å². The summed E-state index contributed by atoms with van der Waals surface area (Å²) >= 11 is 7.46. The van der Waals surface area contributed by atoms with Gasteiger partial charge in [0.2, 0.25) is 0 Å². The van der Waals surface area contributed by atoms with Crippen molar-refractivity contribution in [1.82, 2.24) is 20.2 Å². The molecule has 0 amide bonds. The predicted octanol–water partition coefficient (Wildman–Crippen LogP) is 3.97. The van der Waals surface area contributed by atoms with Crippen molar-refractivity contribution in [3.63, 3.8) is 0 Å². The largest absolute Gasteiger partial charge is 0.460 e. The van der Waals surface area contributed by atoms with E-state index in [1.165, 1.54) is 4.68 Å². The van der Waals surface area contributed by atoms with Crippen LogP contribution in [0.4, 0.5) is 0 Å². The Morgan fingerprint density at radius 2 is 1.93 bits per heavy atom. The van der Waals surface area contributed by atoms with E-state index in [2.05, 4.69) is 15.5 Å². The molecule has 0 saturated carbocycles. The normalized spacial score (nSPS) is 11.4. The molecule has 1 aromatic heterocycles. The molecule has 0 atom stereocenters. The van der Waals surface area contributed by atoms with Crippen LogP contribution in [0.25, 0.3) is 11.8 Å². The monoisotopic (exact) mass is 400 g/mol. The number of tetrazole rings is 1. The van der Waals surface area contributed by atoms with Gasteiger partial charge in [-0.1, -0.05) is 41.9 Å². The van der Waals surface area contributed by atoms with Crippen molar-refractivity contribution in [2.24, 2.45) is 0 Å². The van der Waals surface area contributed by atoms with Gasteiger partial charge in [-0.2, -0.15) is 4.68 Å². The zero-order valence-corrected chi connectivity index (χ0v) is 16.2. The fourth-order valence-electron chi connectivity index (χ4n) is 2.27. The molecule has 0 unspecified atom stereocenters. The summed E-state index contributed by atoms with van der Waals surface area (Å²) in [4.78, 5) is 13.7. The molecule has 3 rings (SSSR count). The summed E-state index contributed by atoms with van der Waals surface area (Å²) in [7, 11) is 0. The van der Waals surface area contributed by atoms with E-state index < -0.39 is 5.97 Å². The molecule has 0 fully saturated rings. The van der Waals surface area contributed by atoms with Crippen LogP contribution < -0.4 is 0 Å². The maximum Gasteiger partial charge on any atom is 0.357 e. The first-order chi connectivity index (χ1) is 13.1. The molecule has 0 aliphatic carbocycles. The lowest BCUT2D eigenvalue weighted by Gasteiger charge is -2.09. The first-order valence-electron chi connectivity index (χ1n) is 8.21. The Bertz CT molecular complexity index is 926. The number of hydrogen-bond donors (Lipinski definition) is 0. The molecule has 3 aromatic rings. The average Bonchev–Trinajstić information content (AvgIpc) is 3.11. The highest BCUT2D eigenvalue weighted by atomic mass is 35.5. The number of halogens is 1. The number of carbonyl (C=O) groups is 1. The van der Waals surface area contributed by atoms with Crippen molar-refractivity contribution < 1.29 is 9.53 Å². The zero-order valence-electron chi connectivity index (χ0n) is 14.6. The van der Waals surface area contributed by atoms with E-state index in [1.807, 2.05) is 54.6 Å². The molecule has 0 aliphatic rings. The summed E-state index contributed by atoms with van der Waals surface area (Å²) in [6.45, 7) is 1.99. The van der Waals surface area contributed by atoms with Crippen molar-refractivity contribution in [1.29, 1.82) is 0 Å². The smallest absolute Gasteiger partial charge is 0.357 e. The SMILES string of the molecule is Cc1nnnn1/C(=C\c1ccccc1)C(=O)OCCSc1ccc(Cl)cc1. The zero-order chi connectivity index (χ0) is 19.1. The minimum Gasteiger partial charge on any atom is -0.460 e. The maximum absolute atomic E-state index is 12.6. The van der Waals surface area contributed by atoms with E-state index in [4.69, 9.17) is 16.3 Å². The fourth-order valence-corrected chi connectivity index (χ4v) is 3.12. The fraction of sp³-hybridized carbons (Fsp3) is 0.158. The second-order valence-electron chi connectivity index (χ2n) is 5.52. The lowest BCUT2D eigenvalue weighted by molar-refractivity contribution is -0.136. The van der Waals surface area contributed by atoms with Crippen molar-refractivity contribution in [2.75, 3.05) is 12.4 Å². The number of aryl methyl sites for hydroxylation is 1. The minimum absolute atomic E-state index is 0.263. The molecule has 138 valence electrons. The first kappa shape index (κ1) is 19.1. The molecule has 27 heavy (non-hydrogen) atoms. The lowest BCUT2D eigenvalue weighted by atomic mass is 10.2. The molecule has 0 bridgehead atoms. The standard InChI is InChI=1S/C19H17ClN4O2S/c1-14-21-22-23-24(14)18(13-15-5-3-2-4-6-15)19(25)26-11-12-27-17-9-7-16(20)8-10-17/h2-10,13H,11-12H2,1H3/b18-13-. The van der Waals surface area contributed by atoms with Crippen LogP contribution in [0, 0.1) is 6.92 Å². The number of ether oxygens (including phenoxy) is 1. The second kappa shape index (κ2) is 9.34. The van der Waals surface area contributed by atoms with E-state index in [1.54, 1.807) is 24.8 Å². The Kier molecular flexibility index (Phi) is 6.62. The quantitative estimate of drug-likeness (QED) is 0.259. The van der Waals surface area contributed by atoms with Crippen LogP contribution in [0.3, 0.4) is 0 Å². The highest BCUT2D eigenvalue weighted by molar-refractivity contribution is 7.99. The molecule has 1 heterocycles. The van der Waals surface area contributed by atoms with Gasteiger partial charge in [-0.25, -0.2) is 4.79 Å². The van der Waals surface area contributed by atoms with Crippen molar-refractivity contribution >= 4 is 41.1 Å². The van der Waals surface area contributed by atoms with Gasteiger partial charge in [0, 0.05) is 15.7 Å². The summed E-state index contributed by atoms with van der Waals surface area (Å²) in [5, 5.41) is 12.0. The van der Waals surface area contributed by atoms with Crippen LogP contribution in [-0.2, 0) is 9.53 Å². The van der Waals surface area contributed by atoms with E-state index in [0.29, 0.717) is 16.6 Å². The summed E-state index contributed by atoms with van der Waals surface area (Å²) < 4.78 is 6.81. The van der Waals surface area contributed by atoms with E-state index in [0.717, 1.165) is 10.5 Å². The molecule has 0 aliphatic heterocycles. The number of benzene rings is 2. The Labute approximate surface area is 166 Å². The lowest BCUT2D eigenvalue weighted by Crippen LogP contribution is -2.16. The Balaban J connectivity index is 1.65. The van der Waals surface area contributed by atoms with E-state index in [-0.39, 0.29) is 12.3 Å². The van der Waals surface area contributed by atoms with Crippen LogP contribution in [0.1, 0.15) is 11.4 Å². The number of hydrogen-bond acceptors (Lipinski definition) is 6. The molecular weight excluding hydrogens is 384 g/mol. The Morgan fingerprint density at radius 1 is 1.19 bits per heavy atom. The highest BCUT2D eigenvalue weighted by Gasteiger charge is 2.17. The van der Waals surface area contributed by atoms with Gasteiger partial charge in [0.05, 0.1) is 0 Å². The molecular formula is C19H17ClN4O2S. The molecule has 0 saturated heterocycles. The Morgan fingerprint density at radius 3 is 2.59 bits per heavy atom. The highest BCUT2D eigenvalue weighted by Crippen LogP contribution is 2.20. The summed E-state index contributed by atoms with van der Waals surface area (Å²) in [6.07, 6.45) is 1.71. The maximum atomic E-state index is 12.6. The second-order valence-corrected chi connectivity index (χ2v) is 7.12. The molecule has 0 N–H and O–H groups in total. The van der Waals surface area contributed by atoms with Crippen LogP contribution in [0.5, 0.6) is 0 Å². The number of nitrogens with zero attached hydrogens (tertiary/aromatic N) is 4. The van der Waals surface area contributed by atoms with Crippen LogP contribution in [-0.4, -0.2) is 38.5 Å². The van der Waals surface area contributed by atoms with Gasteiger partial charge in [0.25, 0.3) is 0 Å². The number of thioether (sulfide) groups is 1. The Hall–Kier alpha value is -2.64. The number of aromatic nitrogens is 4. The van der Waals surface area contributed by atoms with Gasteiger partial charge in [-0.15, -0.1) is 16.9 Å². The third-order valence-electron chi connectivity index (χ3n) is 3.56. The van der Waals surface area contributed by atoms with Crippen LogP contribution >= 0.6 is 23.4 Å². The molecule has 2 aromatic carbocycles. The number of carbonyl (C=O) groups excluding carboxylic acids is 1. The van der Waals surface area contributed by atoms with Gasteiger partial charge < -0.3 is 4.74 Å². The van der Waals surface area contributed by atoms with Gasteiger partial charge in [0.15, 0.2) is 11.5 Å². The van der Waals surface area contributed by atoms with E-state index in [9.17, 15) is 4.79 Å². The average molecular weight is 401 g/mol. The summed E-state index contributed by atoms with van der Waals surface area (Å²) in [5.41, 5.74) is 1.12. The number of esters is 1. The molecule has 8 heteroatoms. The topological polar surface area (TPSA) is 69.9 Å². The molecule has 6 nitrogen and oxygen atoms in total. The predicted molar refractivity (Wildman–Crippen MR) is 106 cm³/mol. The van der Waals surface area contributed by atoms with Gasteiger partial charge in [0.1, 0.15) is 6.61 Å². The summed E-state index contributed by atoms with van der Waals surface area (Å²) in [5.74, 6) is 0.649. The third-order valence-corrected chi connectivity index (χ3v) is 4.79. The van der Waals surface area contributed by atoms with Crippen molar-refractivity contribution in [3.05, 3.63) is 71.0 Å².